The molecule has 1 aliphatic rings. The predicted molar refractivity (Wildman–Crippen MR) is 66.8 cm³/mol. The Bertz CT molecular complexity index is 369. The maximum atomic E-state index is 10.5. The summed E-state index contributed by atoms with van der Waals surface area (Å²) in [4.78, 5) is 2.19. The maximum Gasteiger partial charge on any atom is 0.0814 e. The fourth-order valence-electron chi connectivity index (χ4n) is 2.51. The molecule has 0 aromatic heterocycles. The highest BCUT2D eigenvalue weighted by atomic mass is 35.5. The number of piperidine rings is 1. The molecular formula is C13H18ClNO. The molecule has 1 fully saturated rings. The highest BCUT2D eigenvalue weighted by Gasteiger charge is 2.31. The second kappa shape index (κ2) is 4.74. The van der Waals surface area contributed by atoms with Crippen molar-refractivity contribution in [3.63, 3.8) is 0 Å². The number of likely N-dealkylation sites (tertiary alicyclic amines) is 1. The lowest BCUT2D eigenvalue weighted by atomic mass is 9.87. The van der Waals surface area contributed by atoms with Crippen LogP contribution in [0.15, 0.2) is 24.3 Å². The quantitative estimate of drug-likeness (QED) is 0.857. The zero-order valence-corrected chi connectivity index (χ0v) is 10.4. The van der Waals surface area contributed by atoms with Crippen molar-refractivity contribution < 1.29 is 5.11 Å². The Hall–Kier alpha value is -0.570. The van der Waals surface area contributed by atoms with E-state index in [1.54, 1.807) is 0 Å². The number of β-amino-alcohol motifs (C(OH)–C–C–N with tert-alkyl or cyclic N) is 1. The number of rotatable bonds is 2. The van der Waals surface area contributed by atoms with Crippen LogP contribution >= 0.6 is 11.6 Å². The third-order valence-corrected chi connectivity index (χ3v) is 3.40. The summed E-state index contributed by atoms with van der Waals surface area (Å²) >= 11 is 5.94. The van der Waals surface area contributed by atoms with E-state index in [2.05, 4.69) is 11.9 Å². The van der Waals surface area contributed by atoms with Crippen LogP contribution in [0, 0.1) is 0 Å². The van der Waals surface area contributed by atoms with Crippen LogP contribution in [0.5, 0.6) is 0 Å². The lowest BCUT2D eigenvalue weighted by Crippen LogP contribution is -2.47. The van der Waals surface area contributed by atoms with E-state index >= 15 is 0 Å². The molecule has 0 amide bonds. The van der Waals surface area contributed by atoms with E-state index in [9.17, 15) is 5.11 Å². The van der Waals surface area contributed by atoms with Gasteiger partial charge in [-0.1, -0.05) is 23.7 Å². The molecule has 1 unspecified atom stereocenters. The first-order chi connectivity index (χ1) is 7.57. The first-order valence-electron chi connectivity index (χ1n) is 5.73. The molecular weight excluding hydrogens is 222 g/mol. The van der Waals surface area contributed by atoms with Crippen molar-refractivity contribution in [3.05, 3.63) is 34.9 Å². The van der Waals surface area contributed by atoms with Crippen molar-refractivity contribution in [2.45, 2.75) is 24.9 Å². The van der Waals surface area contributed by atoms with Gasteiger partial charge in [0, 0.05) is 18.0 Å². The fourth-order valence-corrected chi connectivity index (χ4v) is 2.72. The smallest absolute Gasteiger partial charge is 0.0814 e. The second-order valence-corrected chi connectivity index (χ2v) is 5.31. The molecule has 0 saturated carbocycles. The molecule has 1 saturated heterocycles. The molecule has 88 valence electrons. The minimum Gasteiger partial charge on any atom is -0.388 e. The summed E-state index contributed by atoms with van der Waals surface area (Å²) in [5, 5.41) is 11.2. The van der Waals surface area contributed by atoms with Crippen molar-refractivity contribution in [2.75, 3.05) is 20.1 Å². The predicted octanol–water partition coefficient (Wildman–Crippen LogP) is 2.34. The van der Waals surface area contributed by atoms with Crippen molar-refractivity contribution in [3.8, 4) is 0 Å². The Balaban J connectivity index is 2.08. The highest BCUT2D eigenvalue weighted by Crippen LogP contribution is 2.25. The lowest BCUT2D eigenvalue weighted by molar-refractivity contribution is -0.0223. The standard InChI is InChI=1S/C13H18ClNO/c1-15-7-3-6-13(16,10-15)9-11-4-2-5-12(14)8-11/h2,4-5,8,16H,3,6-7,9-10H2,1H3. The van der Waals surface area contributed by atoms with Gasteiger partial charge in [0.1, 0.15) is 0 Å². The van der Waals surface area contributed by atoms with E-state index < -0.39 is 5.60 Å². The van der Waals surface area contributed by atoms with Crippen LogP contribution in [0.2, 0.25) is 5.02 Å². The number of halogens is 1. The Morgan fingerprint density at radius 1 is 1.50 bits per heavy atom. The normalized spacial score (nSPS) is 26.9. The van der Waals surface area contributed by atoms with Gasteiger partial charge in [0.15, 0.2) is 0 Å². The summed E-state index contributed by atoms with van der Waals surface area (Å²) in [5.74, 6) is 0. The van der Waals surface area contributed by atoms with E-state index in [0.29, 0.717) is 6.42 Å². The summed E-state index contributed by atoms with van der Waals surface area (Å²) in [7, 11) is 2.06. The minimum atomic E-state index is -0.586. The highest BCUT2D eigenvalue weighted by molar-refractivity contribution is 6.30. The summed E-state index contributed by atoms with van der Waals surface area (Å²) < 4.78 is 0. The summed E-state index contributed by atoms with van der Waals surface area (Å²) in [6.45, 7) is 1.83. The number of hydrogen-bond acceptors (Lipinski definition) is 2. The zero-order valence-electron chi connectivity index (χ0n) is 9.62. The molecule has 1 heterocycles. The van der Waals surface area contributed by atoms with Gasteiger partial charge < -0.3 is 10.0 Å². The Labute approximate surface area is 102 Å². The van der Waals surface area contributed by atoms with Gasteiger partial charge in [0.2, 0.25) is 0 Å². The van der Waals surface area contributed by atoms with E-state index in [1.807, 2.05) is 24.3 Å². The third kappa shape index (κ3) is 2.97. The van der Waals surface area contributed by atoms with Crippen molar-refractivity contribution in [1.82, 2.24) is 4.90 Å². The first-order valence-corrected chi connectivity index (χ1v) is 6.11. The van der Waals surface area contributed by atoms with E-state index in [1.165, 1.54) is 0 Å². The number of likely N-dealkylation sites (N-methyl/N-ethyl adjacent to an activating group) is 1. The van der Waals surface area contributed by atoms with Gasteiger partial charge in [-0.05, 0) is 44.1 Å². The minimum absolute atomic E-state index is 0.586. The Morgan fingerprint density at radius 3 is 3.00 bits per heavy atom. The summed E-state index contributed by atoms with van der Waals surface area (Å²) in [5.41, 5.74) is 0.530. The average Bonchev–Trinajstić information content (AvgIpc) is 2.16. The van der Waals surface area contributed by atoms with Crippen molar-refractivity contribution in [2.24, 2.45) is 0 Å². The van der Waals surface area contributed by atoms with Crippen molar-refractivity contribution >= 4 is 11.6 Å². The van der Waals surface area contributed by atoms with Gasteiger partial charge >= 0.3 is 0 Å². The molecule has 16 heavy (non-hydrogen) atoms. The molecule has 0 radical (unpaired) electrons. The molecule has 1 aromatic rings. The lowest BCUT2D eigenvalue weighted by Gasteiger charge is -2.37. The molecule has 1 N–H and O–H groups in total. The number of benzene rings is 1. The van der Waals surface area contributed by atoms with Crippen molar-refractivity contribution in [1.29, 1.82) is 0 Å². The molecule has 2 rings (SSSR count). The SMILES string of the molecule is CN1CCCC(O)(Cc2cccc(Cl)c2)C1. The van der Waals surface area contributed by atoms with Crippen LogP contribution in [-0.4, -0.2) is 35.7 Å². The molecule has 1 aliphatic heterocycles. The molecule has 1 aromatic carbocycles. The van der Waals surface area contributed by atoms with Crippen LogP contribution < -0.4 is 0 Å². The molecule has 0 aliphatic carbocycles. The Morgan fingerprint density at radius 2 is 2.31 bits per heavy atom. The van der Waals surface area contributed by atoms with E-state index in [4.69, 9.17) is 11.6 Å². The first kappa shape index (κ1) is 11.9. The van der Waals surface area contributed by atoms with Crippen LogP contribution in [-0.2, 0) is 6.42 Å². The van der Waals surface area contributed by atoms with Gasteiger partial charge in [0.05, 0.1) is 5.60 Å². The monoisotopic (exact) mass is 239 g/mol. The van der Waals surface area contributed by atoms with Gasteiger partial charge in [-0.2, -0.15) is 0 Å². The van der Waals surface area contributed by atoms with Crippen LogP contribution in [0.3, 0.4) is 0 Å². The van der Waals surface area contributed by atoms with Gasteiger partial charge in [-0.3, -0.25) is 0 Å². The van der Waals surface area contributed by atoms with E-state index in [0.717, 1.165) is 36.5 Å². The molecule has 2 nitrogen and oxygen atoms in total. The van der Waals surface area contributed by atoms with Gasteiger partial charge in [-0.25, -0.2) is 0 Å². The summed E-state index contributed by atoms with van der Waals surface area (Å²) in [6.07, 6.45) is 2.63. The fraction of sp³-hybridized carbons (Fsp3) is 0.538. The topological polar surface area (TPSA) is 23.5 Å². The number of aliphatic hydroxyl groups is 1. The van der Waals surface area contributed by atoms with Crippen LogP contribution in [0.1, 0.15) is 18.4 Å². The zero-order chi connectivity index (χ0) is 11.6. The molecule has 1 atom stereocenters. The summed E-state index contributed by atoms with van der Waals surface area (Å²) in [6, 6.07) is 7.77. The molecule has 0 spiro atoms. The average molecular weight is 240 g/mol. The van der Waals surface area contributed by atoms with Gasteiger partial charge in [-0.15, -0.1) is 0 Å². The van der Waals surface area contributed by atoms with E-state index in [-0.39, 0.29) is 0 Å². The maximum absolute atomic E-state index is 10.5. The molecule has 0 bridgehead atoms. The number of hydrogen-bond donors (Lipinski definition) is 1. The largest absolute Gasteiger partial charge is 0.388 e. The third-order valence-electron chi connectivity index (χ3n) is 3.17. The second-order valence-electron chi connectivity index (χ2n) is 4.87. The van der Waals surface area contributed by atoms with Crippen LogP contribution in [0.25, 0.3) is 0 Å². The Kier molecular flexibility index (Phi) is 3.53. The molecule has 3 heteroatoms. The number of nitrogens with zero attached hydrogens (tertiary/aromatic N) is 1. The van der Waals surface area contributed by atoms with Gasteiger partial charge in [0.25, 0.3) is 0 Å². The van der Waals surface area contributed by atoms with Crippen LogP contribution in [0.4, 0.5) is 0 Å².